The summed E-state index contributed by atoms with van der Waals surface area (Å²) in [6, 6.07) is 11.5. The van der Waals surface area contributed by atoms with Crippen molar-refractivity contribution in [3.63, 3.8) is 0 Å². The van der Waals surface area contributed by atoms with Crippen molar-refractivity contribution >= 4 is 11.6 Å². The Bertz CT molecular complexity index is 833. The molecular formula is C20H22N2O5. The van der Waals surface area contributed by atoms with Crippen LogP contribution in [-0.4, -0.2) is 24.0 Å². The van der Waals surface area contributed by atoms with Crippen molar-refractivity contribution in [2.75, 3.05) is 13.2 Å². The van der Waals surface area contributed by atoms with E-state index < -0.39 is 4.92 Å². The van der Waals surface area contributed by atoms with E-state index >= 15 is 0 Å². The van der Waals surface area contributed by atoms with Crippen LogP contribution < -0.4 is 14.8 Å². The Labute approximate surface area is 157 Å². The van der Waals surface area contributed by atoms with Crippen molar-refractivity contribution < 1.29 is 19.2 Å². The Morgan fingerprint density at radius 2 is 1.78 bits per heavy atom. The second-order valence-corrected chi connectivity index (χ2v) is 6.79. The molecule has 1 heterocycles. The molecule has 1 N–H and O–H groups in total. The van der Waals surface area contributed by atoms with E-state index in [0.29, 0.717) is 24.7 Å². The van der Waals surface area contributed by atoms with Crippen molar-refractivity contribution in [2.45, 2.75) is 26.3 Å². The predicted molar refractivity (Wildman–Crippen MR) is 100.0 cm³/mol. The third-order valence-corrected chi connectivity index (χ3v) is 4.42. The Hall–Kier alpha value is -3.09. The van der Waals surface area contributed by atoms with E-state index in [-0.39, 0.29) is 30.0 Å². The average molecular weight is 370 g/mol. The fourth-order valence-electron chi connectivity index (χ4n) is 3.03. The number of hydrogen-bond donors (Lipinski definition) is 1. The predicted octanol–water partition coefficient (Wildman–Crippen LogP) is 3.42. The van der Waals surface area contributed by atoms with E-state index in [1.54, 1.807) is 12.1 Å². The summed E-state index contributed by atoms with van der Waals surface area (Å²) < 4.78 is 11.2. The van der Waals surface area contributed by atoms with Gasteiger partial charge in [-0.25, -0.2) is 0 Å². The topological polar surface area (TPSA) is 90.7 Å². The standard InChI is InChI=1S/C20H22N2O5/c1-13(2)20(15-5-8-17-18(12-15)27-10-9-26-17)21-19(23)11-14-3-6-16(7-4-14)22(24)25/h3-8,12-13,20H,9-11H2,1-2H3,(H,21,23)/t20-/m1/s1. The smallest absolute Gasteiger partial charge is 0.269 e. The molecule has 1 aliphatic rings. The lowest BCUT2D eigenvalue weighted by molar-refractivity contribution is -0.384. The first kappa shape index (κ1) is 18.7. The molecule has 0 bridgehead atoms. The number of carbonyl (C=O) groups is 1. The second kappa shape index (κ2) is 8.07. The van der Waals surface area contributed by atoms with Crippen LogP contribution in [-0.2, 0) is 11.2 Å². The maximum atomic E-state index is 12.5. The number of nitrogens with zero attached hydrogens (tertiary/aromatic N) is 1. The number of fused-ring (bicyclic) bond motifs is 1. The first-order valence-electron chi connectivity index (χ1n) is 8.86. The Morgan fingerprint density at radius 1 is 1.11 bits per heavy atom. The van der Waals surface area contributed by atoms with E-state index in [4.69, 9.17) is 9.47 Å². The number of hydrogen-bond acceptors (Lipinski definition) is 5. The van der Waals surface area contributed by atoms with Crippen LogP contribution in [0.5, 0.6) is 11.5 Å². The monoisotopic (exact) mass is 370 g/mol. The van der Waals surface area contributed by atoms with Crippen molar-refractivity contribution in [1.29, 1.82) is 0 Å². The maximum absolute atomic E-state index is 12.5. The molecule has 0 unspecified atom stereocenters. The highest BCUT2D eigenvalue weighted by atomic mass is 16.6. The maximum Gasteiger partial charge on any atom is 0.269 e. The van der Waals surface area contributed by atoms with Gasteiger partial charge in [0.05, 0.1) is 17.4 Å². The van der Waals surface area contributed by atoms with Crippen LogP contribution in [0.1, 0.15) is 31.0 Å². The average Bonchev–Trinajstić information content (AvgIpc) is 2.66. The lowest BCUT2D eigenvalue weighted by atomic mass is 9.95. The van der Waals surface area contributed by atoms with Crippen LogP contribution >= 0.6 is 0 Å². The van der Waals surface area contributed by atoms with Crippen molar-refractivity contribution in [3.05, 3.63) is 63.7 Å². The van der Waals surface area contributed by atoms with Crippen LogP contribution in [0.2, 0.25) is 0 Å². The number of nitrogens with one attached hydrogen (secondary N) is 1. The van der Waals surface area contributed by atoms with Crippen LogP contribution in [0.4, 0.5) is 5.69 Å². The van der Waals surface area contributed by atoms with Crippen molar-refractivity contribution in [1.82, 2.24) is 5.32 Å². The summed E-state index contributed by atoms with van der Waals surface area (Å²) in [6.07, 6.45) is 0.158. The lowest BCUT2D eigenvalue weighted by Crippen LogP contribution is -2.33. The molecule has 0 saturated heterocycles. The number of carbonyl (C=O) groups excluding carboxylic acids is 1. The minimum Gasteiger partial charge on any atom is -0.486 e. The molecule has 0 saturated carbocycles. The fraction of sp³-hybridized carbons (Fsp3) is 0.350. The number of nitro benzene ring substituents is 1. The summed E-state index contributed by atoms with van der Waals surface area (Å²) in [5, 5.41) is 13.8. The van der Waals surface area contributed by atoms with E-state index in [0.717, 1.165) is 11.1 Å². The zero-order valence-electron chi connectivity index (χ0n) is 15.3. The third kappa shape index (κ3) is 4.55. The molecule has 27 heavy (non-hydrogen) atoms. The van der Waals surface area contributed by atoms with Gasteiger partial charge in [0.15, 0.2) is 11.5 Å². The molecule has 0 spiro atoms. The summed E-state index contributed by atoms with van der Waals surface area (Å²) >= 11 is 0. The molecule has 1 aliphatic heterocycles. The van der Waals surface area contributed by atoms with Gasteiger partial charge in [-0.3, -0.25) is 14.9 Å². The molecule has 1 amide bonds. The highest BCUT2D eigenvalue weighted by Crippen LogP contribution is 2.34. The number of benzene rings is 2. The summed E-state index contributed by atoms with van der Waals surface area (Å²) in [4.78, 5) is 22.8. The van der Waals surface area contributed by atoms with Gasteiger partial charge in [-0.2, -0.15) is 0 Å². The Morgan fingerprint density at radius 3 is 2.41 bits per heavy atom. The first-order chi connectivity index (χ1) is 12.9. The quantitative estimate of drug-likeness (QED) is 0.621. The molecule has 0 aromatic heterocycles. The first-order valence-corrected chi connectivity index (χ1v) is 8.86. The van der Waals surface area contributed by atoms with E-state index in [1.165, 1.54) is 12.1 Å². The summed E-state index contributed by atoms with van der Waals surface area (Å²) in [5.41, 5.74) is 1.68. The van der Waals surface area contributed by atoms with Gasteiger partial charge >= 0.3 is 0 Å². The number of non-ortho nitro benzene ring substituents is 1. The normalized spacial score (nSPS) is 13.9. The molecule has 0 fully saturated rings. The largest absolute Gasteiger partial charge is 0.486 e. The molecular weight excluding hydrogens is 348 g/mol. The molecule has 1 atom stereocenters. The Kier molecular flexibility index (Phi) is 5.59. The Balaban J connectivity index is 1.70. The van der Waals surface area contributed by atoms with Gasteiger partial charge in [-0.05, 0) is 29.2 Å². The molecule has 0 radical (unpaired) electrons. The van der Waals surface area contributed by atoms with Crippen molar-refractivity contribution in [2.24, 2.45) is 5.92 Å². The van der Waals surface area contributed by atoms with Gasteiger partial charge in [0.2, 0.25) is 5.91 Å². The molecule has 7 heteroatoms. The highest BCUT2D eigenvalue weighted by molar-refractivity contribution is 5.79. The fourth-order valence-corrected chi connectivity index (χ4v) is 3.03. The number of rotatable bonds is 6. The van der Waals surface area contributed by atoms with Gasteiger partial charge < -0.3 is 14.8 Å². The van der Waals surface area contributed by atoms with Crippen molar-refractivity contribution in [3.8, 4) is 11.5 Å². The molecule has 7 nitrogen and oxygen atoms in total. The summed E-state index contributed by atoms with van der Waals surface area (Å²) in [5.74, 6) is 1.43. The van der Waals surface area contributed by atoms with Gasteiger partial charge in [-0.1, -0.05) is 32.0 Å². The summed E-state index contributed by atoms with van der Waals surface area (Å²) in [7, 11) is 0. The van der Waals surface area contributed by atoms with Crippen LogP contribution in [0, 0.1) is 16.0 Å². The van der Waals surface area contributed by atoms with Crippen LogP contribution in [0.25, 0.3) is 0 Å². The number of amides is 1. The number of ether oxygens (including phenoxy) is 2. The van der Waals surface area contributed by atoms with Gasteiger partial charge in [-0.15, -0.1) is 0 Å². The molecule has 2 aromatic carbocycles. The van der Waals surface area contributed by atoms with Crippen LogP contribution in [0.15, 0.2) is 42.5 Å². The third-order valence-electron chi connectivity index (χ3n) is 4.42. The molecule has 0 aliphatic carbocycles. The highest BCUT2D eigenvalue weighted by Gasteiger charge is 2.21. The zero-order chi connectivity index (χ0) is 19.4. The van der Waals surface area contributed by atoms with E-state index in [9.17, 15) is 14.9 Å². The molecule has 142 valence electrons. The van der Waals surface area contributed by atoms with E-state index in [2.05, 4.69) is 5.32 Å². The lowest BCUT2D eigenvalue weighted by Gasteiger charge is -2.25. The van der Waals surface area contributed by atoms with E-state index in [1.807, 2.05) is 32.0 Å². The van der Waals surface area contributed by atoms with Gasteiger partial charge in [0.25, 0.3) is 5.69 Å². The number of nitro groups is 1. The minimum absolute atomic E-state index is 0.00972. The zero-order valence-corrected chi connectivity index (χ0v) is 15.3. The van der Waals surface area contributed by atoms with Gasteiger partial charge in [0.1, 0.15) is 13.2 Å². The SMILES string of the molecule is CC(C)[C@@H](NC(=O)Cc1ccc([N+](=O)[O-])cc1)c1ccc2c(c1)OCCO2. The summed E-state index contributed by atoms with van der Waals surface area (Å²) in [6.45, 7) is 5.11. The second-order valence-electron chi connectivity index (χ2n) is 6.79. The van der Waals surface area contributed by atoms with Gasteiger partial charge in [0, 0.05) is 12.1 Å². The molecule has 3 rings (SSSR count). The minimum atomic E-state index is -0.458. The molecule has 2 aromatic rings. The van der Waals surface area contributed by atoms with Crippen LogP contribution in [0.3, 0.4) is 0 Å².